The summed E-state index contributed by atoms with van der Waals surface area (Å²) in [4.78, 5) is 26.1. The molecule has 1 heterocycles. The van der Waals surface area contributed by atoms with E-state index in [2.05, 4.69) is 21.2 Å². The van der Waals surface area contributed by atoms with Crippen LogP contribution in [-0.2, 0) is 15.8 Å². The van der Waals surface area contributed by atoms with Gasteiger partial charge in [-0.2, -0.15) is 13.2 Å². The van der Waals surface area contributed by atoms with Crippen molar-refractivity contribution >= 4 is 50.7 Å². The number of nitrogens with one attached hydrogen (secondary N) is 1. The highest BCUT2D eigenvalue weighted by atomic mass is 79.9. The van der Waals surface area contributed by atoms with Gasteiger partial charge in [0.25, 0.3) is 0 Å². The molecule has 1 atom stereocenters. The van der Waals surface area contributed by atoms with Crippen LogP contribution in [-0.4, -0.2) is 18.4 Å². The molecule has 1 aliphatic rings. The van der Waals surface area contributed by atoms with Crippen molar-refractivity contribution in [1.82, 2.24) is 0 Å². The maximum Gasteiger partial charge on any atom is 0.418 e. The molecule has 27 heavy (non-hydrogen) atoms. The number of nitrogens with zero attached hydrogens (tertiary/aromatic N) is 1. The van der Waals surface area contributed by atoms with Crippen LogP contribution < -0.4 is 10.2 Å². The van der Waals surface area contributed by atoms with Crippen LogP contribution in [0.3, 0.4) is 0 Å². The van der Waals surface area contributed by atoms with Crippen molar-refractivity contribution < 1.29 is 22.8 Å². The smallest absolute Gasteiger partial charge is 0.325 e. The normalized spacial score (nSPS) is 17.3. The third-order valence-electron chi connectivity index (χ3n) is 4.18. The molecule has 3 rings (SSSR count). The molecular formula is C18H13BrClF3N2O2. The van der Waals surface area contributed by atoms with Crippen molar-refractivity contribution in [2.75, 3.05) is 16.8 Å². The standard InChI is InChI=1S/C18H13BrClF3N2O2/c19-11-1-6-15(14(8-11)18(21,22)23)24-17(27)10-7-16(26)25(9-10)13-4-2-12(20)3-5-13/h1-6,8,10H,7,9H2,(H,24,27)/t10-/m0/s1. The number of hydrogen-bond donors (Lipinski definition) is 1. The first-order valence-electron chi connectivity index (χ1n) is 7.88. The highest BCUT2D eigenvalue weighted by molar-refractivity contribution is 9.10. The Bertz CT molecular complexity index is 887. The largest absolute Gasteiger partial charge is 0.418 e. The van der Waals surface area contributed by atoms with E-state index >= 15 is 0 Å². The Morgan fingerprint density at radius 2 is 1.85 bits per heavy atom. The van der Waals surface area contributed by atoms with Gasteiger partial charge in [0.1, 0.15) is 0 Å². The summed E-state index contributed by atoms with van der Waals surface area (Å²) in [5.74, 6) is -1.66. The van der Waals surface area contributed by atoms with Crippen LogP contribution in [0.25, 0.3) is 0 Å². The summed E-state index contributed by atoms with van der Waals surface area (Å²) in [6.07, 6.45) is -4.69. The topological polar surface area (TPSA) is 49.4 Å². The van der Waals surface area contributed by atoms with Crippen LogP contribution in [0, 0.1) is 5.92 Å². The lowest BCUT2D eigenvalue weighted by Crippen LogP contribution is -2.28. The van der Waals surface area contributed by atoms with E-state index in [4.69, 9.17) is 11.6 Å². The first-order chi connectivity index (χ1) is 12.6. The molecule has 0 aliphatic carbocycles. The number of amides is 2. The van der Waals surface area contributed by atoms with E-state index in [1.54, 1.807) is 24.3 Å². The van der Waals surface area contributed by atoms with Gasteiger partial charge in [0.2, 0.25) is 11.8 Å². The molecule has 4 nitrogen and oxygen atoms in total. The molecule has 1 N–H and O–H groups in total. The minimum Gasteiger partial charge on any atom is -0.325 e. The van der Waals surface area contributed by atoms with Crippen LogP contribution in [0.15, 0.2) is 46.9 Å². The van der Waals surface area contributed by atoms with Gasteiger partial charge in [-0.1, -0.05) is 27.5 Å². The summed E-state index contributed by atoms with van der Waals surface area (Å²) in [6, 6.07) is 10.0. The van der Waals surface area contributed by atoms with Gasteiger partial charge in [-0.25, -0.2) is 0 Å². The molecule has 0 saturated carbocycles. The number of alkyl halides is 3. The average molecular weight is 462 g/mol. The lowest BCUT2D eigenvalue weighted by Gasteiger charge is -2.18. The van der Waals surface area contributed by atoms with E-state index in [0.717, 1.165) is 6.07 Å². The van der Waals surface area contributed by atoms with Crippen molar-refractivity contribution in [2.24, 2.45) is 5.92 Å². The lowest BCUT2D eigenvalue weighted by atomic mass is 10.1. The Balaban J connectivity index is 1.76. The first-order valence-corrected chi connectivity index (χ1v) is 9.06. The summed E-state index contributed by atoms with van der Waals surface area (Å²) in [6.45, 7) is 0.0875. The van der Waals surface area contributed by atoms with Crippen molar-refractivity contribution in [3.05, 3.63) is 57.5 Å². The quantitative estimate of drug-likeness (QED) is 0.690. The summed E-state index contributed by atoms with van der Waals surface area (Å²) in [7, 11) is 0. The summed E-state index contributed by atoms with van der Waals surface area (Å²) in [5, 5.41) is 2.82. The minimum absolute atomic E-state index is 0.0770. The van der Waals surface area contributed by atoms with E-state index < -0.39 is 23.6 Å². The predicted molar refractivity (Wildman–Crippen MR) is 99.7 cm³/mol. The van der Waals surface area contributed by atoms with E-state index in [0.29, 0.717) is 10.7 Å². The monoisotopic (exact) mass is 460 g/mol. The van der Waals surface area contributed by atoms with Gasteiger partial charge in [0, 0.05) is 28.1 Å². The number of halogens is 5. The number of hydrogen-bond acceptors (Lipinski definition) is 2. The number of carbonyl (C=O) groups is 2. The Kier molecular flexibility index (Phi) is 5.48. The summed E-state index contributed by atoms with van der Waals surface area (Å²) >= 11 is 8.82. The van der Waals surface area contributed by atoms with Crippen molar-refractivity contribution in [3.63, 3.8) is 0 Å². The molecule has 2 aromatic carbocycles. The molecule has 0 spiro atoms. The number of rotatable bonds is 3. The Hall–Kier alpha value is -2.06. The third-order valence-corrected chi connectivity index (χ3v) is 4.92. The first kappa shape index (κ1) is 19.7. The number of anilines is 2. The van der Waals surface area contributed by atoms with Gasteiger partial charge >= 0.3 is 6.18 Å². The third kappa shape index (κ3) is 4.44. The summed E-state index contributed by atoms with van der Waals surface area (Å²) < 4.78 is 39.8. The van der Waals surface area contributed by atoms with Gasteiger partial charge in [-0.3, -0.25) is 9.59 Å². The number of carbonyl (C=O) groups excluding carboxylic acids is 2. The maximum absolute atomic E-state index is 13.2. The second-order valence-corrected chi connectivity index (χ2v) is 7.41. The molecule has 0 aromatic heterocycles. The van der Waals surface area contributed by atoms with Gasteiger partial charge in [-0.05, 0) is 42.5 Å². The van der Waals surface area contributed by atoms with Crippen molar-refractivity contribution in [3.8, 4) is 0 Å². The van der Waals surface area contributed by atoms with Gasteiger partial charge in [-0.15, -0.1) is 0 Å². The predicted octanol–water partition coefficient (Wildman–Crippen LogP) is 5.11. The molecule has 1 saturated heterocycles. The fourth-order valence-corrected chi connectivity index (χ4v) is 3.34. The molecule has 0 radical (unpaired) electrons. The molecule has 2 aromatic rings. The zero-order valence-electron chi connectivity index (χ0n) is 13.7. The molecule has 9 heteroatoms. The summed E-state index contributed by atoms with van der Waals surface area (Å²) in [5.41, 5.74) is -0.712. The van der Waals surface area contributed by atoms with Gasteiger partial charge < -0.3 is 10.2 Å². The van der Waals surface area contributed by atoms with Gasteiger partial charge in [0.05, 0.1) is 17.2 Å². The van der Waals surface area contributed by atoms with Crippen LogP contribution >= 0.6 is 27.5 Å². The molecule has 0 unspecified atom stereocenters. The zero-order chi connectivity index (χ0) is 19.8. The van der Waals surface area contributed by atoms with Crippen LogP contribution in [0.2, 0.25) is 5.02 Å². The Morgan fingerprint density at radius 3 is 2.48 bits per heavy atom. The van der Waals surface area contributed by atoms with Crippen molar-refractivity contribution in [1.29, 1.82) is 0 Å². The highest BCUT2D eigenvalue weighted by Gasteiger charge is 2.37. The Labute approximate surface area is 166 Å². The van der Waals surface area contributed by atoms with E-state index in [1.807, 2.05) is 0 Å². The van der Waals surface area contributed by atoms with E-state index in [1.165, 1.54) is 17.0 Å². The highest BCUT2D eigenvalue weighted by Crippen LogP contribution is 2.37. The Morgan fingerprint density at radius 1 is 1.19 bits per heavy atom. The second kappa shape index (κ2) is 7.52. The van der Waals surface area contributed by atoms with Crippen LogP contribution in [0.5, 0.6) is 0 Å². The zero-order valence-corrected chi connectivity index (χ0v) is 16.0. The molecule has 1 aliphatic heterocycles. The van der Waals surface area contributed by atoms with E-state index in [-0.39, 0.29) is 29.0 Å². The fourth-order valence-electron chi connectivity index (χ4n) is 2.85. The average Bonchev–Trinajstić information content (AvgIpc) is 2.98. The molecule has 2 amide bonds. The SMILES string of the molecule is O=C(Nc1ccc(Br)cc1C(F)(F)F)[C@H]1CC(=O)N(c2ccc(Cl)cc2)C1. The lowest BCUT2D eigenvalue weighted by molar-refractivity contribution is -0.137. The van der Waals surface area contributed by atoms with Gasteiger partial charge in [0.15, 0.2) is 0 Å². The molecule has 142 valence electrons. The maximum atomic E-state index is 13.2. The second-order valence-electron chi connectivity index (χ2n) is 6.06. The van der Waals surface area contributed by atoms with Crippen molar-refractivity contribution in [2.45, 2.75) is 12.6 Å². The molecule has 0 bridgehead atoms. The van der Waals surface area contributed by atoms with E-state index in [9.17, 15) is 22.8 Å². The van der Waals surface area contributed by atoms with Crippen LogP contribution in [0.1, 0.15) is 12.0 Å². The minimum atomic E-state index is -4.62. The fraction of sp³-hybridized carbons (Fsp3) is 0.222. The molecule has 1 fully saturated rings. The molecular weight excluding hydrogens is 449 g/mol. The van der Waals surface area contributed by atoms with Crippen LogP contribution in [0.4, 0.5) is 24.5 Å². The number of benzene rings is 2.